The Morgan fingerprint density at radius 3 is 2.58 bits per heavy atom. The highest BCUT2D eigenvalue weighted by Gasteiger charge is 2.51. The molecule has 2 N–H and O–H groups in total. The Labute approximate surface area is 158 Å². The third kappa shape index (κ3) is 3.85. The fourth-order valence-electron chi connectivity index (χ4n) is 3.74. The number of halogens is 1. The minimum absolute atomic E-state index is 0.102. The van der Waals surface area contributed by atoms with Crippen molar-refractivity contribution in [3.05, 3.63) is 34.9 Å². The van der Waals surface area contributed by atoms with Crippen molar-refractivity contribution in [3.63, 3.8) is 0 Å². The Kier molecular flexibility index (Phi) is 5.51. The van der Waals surface area contributed by atoms with Gasteiger partial charge in [-0.2, -0.15) is 0 Å². The lowest BCUT2D eigenvalue weighted by molar-refractivity contribution is -0.131. The molecule has 0 aromatic heterocycles. The summed E-state index contributed by atoms with van der Waals surface area (Å²) in [5, 5.41) is 6.43. The summed E-state index contributed by atoms with van der Waals surface area (Å²) < 4.78 is 0. The number of urea groups is 1. The van der Waals surface area contributed by atoms with Crippen LogP contribution < -0.4 is 10.6 Å². The lowest BCUT2D eigenvalue weighted by Crippen LogP contribution is -2.44. The second-order valence-electron chi connectivity index (χ2n) is 7.12. The second kappa shape index (κ2) is 7.66. The van der Waals surface area contributed by atoms with Gasteiger partial charge in [-0.15, -0.1) is 0 Å². The number of carbonyl (C=O) groups is 3. The molecule has 4 amide bonds. The Balaban J connectivity index is 1.45. The first-order chi connectivity index (χ1) is 12.4. The Hall–Kier alpha value is -2.08. The van der Waals surface area contributed by atoms with E-state index in [-0.39, 0.29) is 36.9 Å². The van der Waals surface area contributed by atoms with Crippen molar-refractivity contribution in [1.29, 1.82) is 0 Å². The van der Waals surface area contributed by atoms with E-state index >= 15 is 0 Å². The molecule has 6 nitrogen and oxygen atoms in total. The first-order valence-corrected chi connectivity index (χ1v) is 9.48. The van der Waals surface area contributed by atoms with Crippen LogP contribution in [0, 0.1) is 0 Å². The first kappa shape index (κ1) is 18.7. The number of hydrogen-bond acceptors (Lipinski definition) is 3. The molecule has 0 unspecified atom stereocenters. The quantitative estimate of drug-likeness (QED) is 0.747. The summed E-state index contributed by atoms with van der Waals surface area (Å²) in [6.45, 7) is 2.18. The largest absolute Gasteiger partial charge is 0.350 e. The zero-order valence-corrected chi connectivity index (χ0v) is 15.6. The van der Waals surface area contributed by atoms with Gasteiger partial charge >= 0.3 is 6.03 Å². The molecule has 140 valence electrons. The van der Waals surface area contributed by atoms with Gasteiger partial charge in [-0.3, -0.25) is 14.5 Å². The topological polar surface area (TPSA) is 78.5 Å². The van der Waals surface area contributed by atoms with Gasteiger partial charge in [0.05, 0.1) is 6.04 Å². The van der Waals surface area contributed by atoms with Crippen molar-refractivity contribution in [3.8, 4) is 0 Å². The lowest BCUT2D eigenvalue weighted by atomic mass is 9.98. The number of imide groups is 1. The monoisotopic (exact) mass is 377 g/mol. The average molecular weight is 378 g/mol. The summed E-state index contributed by atoms with van der Waals surface area (Å²) >= 11 is 5.87. The molecule has 26 heavy (non-hydrogen) atoms. The van der Waals surface area contributed by atoms with Gasteiger partial charge in [0.25, 0.3) is 5.91 Å². The van der Waals surface area contributed by atoms with Crippen LogP contribution in [0.3, 0.4) is 0 Å². The third-order valence-corrected chi connectivity index (χ3v) is 5.49. The van der Waals surface area contributed by atoms with Crippen LogP contribution in [0.1, 0.15) is 57.1 Å². The molecule has 1 heterocycles. The number of amides is 4. The van der Waals surface area contributed by atoms with Crippen molar-refractivity contribution in [2.45, 2.75) is 57.0 Å². The van der Waals surface area contributed by atoms with Gasteiger partial charge in [-0.1, -0.05) is 36.6 Å². The van der Waals surface area contributed by atoms with E-state index in [9.17, 15) is 14.4 Å². The maximum atomic E-state index is 12.5. The molecule has 7 heteroatoms. The molecule has 3 rings (SSSR count). The normalized spacial score (nSPS) is 19.7. The minimum Gasteiger partial charge on any atom is -0.350 e. The molecule has 1 aromatic rings. The Bertz CT molecular complexity index is 698. The first-order valence-electron chi connectivity index (χ1n) is 9.10. The number of rotatable bonds is 6. The smallest absolute Gasteiger partial charge is 0.325 e. The van der Waals surface area contributed by atoms with Gasteiger partial charge in [-0.25, -0.2) is 4.79 Å². The molecule has 1 atom stereocenters. The predicted octanol–water partition coefficient (Wildman–Crippen LogP) is 3.16. The van der Waals surface area contributed by atoms with Crippen LogP contribution in [0.4, 0.5) is 4.79 Å². The van der Waals surface area contributed by atoms with Crippen molar-refractivity contribution in [1.82, 2.24) is 15.5 Å². The van der Waals surface area contributed by atoms with Crippen molar-refractivity contribution in [2.24, 2.45) is 0 Å². The fourth-order valence-corrected chi connectivity index (χ4v) is 3.87. The highest BCUT2D eigenvalue weighted by atomic mass is 35.5. The minimum atomic E-state index is -0.678. The van der Waals surface area contributed by atoms with Crippen LogP contribution in [0.25, 0.3) is 0 Å². The van der Waals surface area contributed by atoms with Crippen LogP contribution >= 0.6 is 11.6 Å². The van der Waals surface area contributed by atoms with Gasteiger partial charge in [0.1, 0.15) is 5.54 Å². The summed E-state index contributed by atoms with van der Waals surface area (Å²) in [7, 11) is 0. The number of benzene rings is 1. The van der Waals surface area contributed by atoms with E-state index in [0.29, 0.717) is 24.3 Å². The summed E-state index contributed by atoms with van der Waals surface area (Å²) in [6.07, 6.45) is 4.08. The van der Waals surface area contributed by atoms with Crippen LogP contribution in [-0.4, -0.2) is 34.8 Å². The van der Waals surface area contributed by atoms with E-state index in [1.54, 1.807) is 12.1 Å². The van der Waals surface area contributed by atoms with E-state index < -0.39 is 5.54 Å². The molecule has 2 aliphatic rings. The highest BCUT2D eigenvalue weighted by molar-refractivity contribution is 6.30. The zero-order chi connectivity index (χ0) is 18.7. The van der Waals surface area contributed by atoms with Crippen molar-refractivity contribution < 1.29 is 14.4 Å². The molecule has 1 saturated carbocycles. The molecule has 1 aliphatic heterocycles. The van der Waals surface area contributed by atoms with Gasteiger partial charge in [0.2, 0.25) is 5.91 Å². The van der Waals surface area contributed by atoms with E-state index in [4.69, 9.17) is 11.6 Å². The van der Waals surface area contributed by atoms with Crippen LogP contribution in [0.5, 0.6) is 0 Å². The van der Waals surface area contributed by atoms with E-state index in [0.717, 1.165) is 18.4 Å². The van der Waals surface area contributed by atoms with Crippen LogP contribution in [-0.2, 0) is 9.59 Å². The van der Waals surface area contributed by atoms with Crippen molar-refractivity contribution >= 4 is 29.4 Å². The number of carbonyl (C=O) groups excluding carboxylic acids is 3. The summed E-state index contributed by atoms with van der Waals surface area (Å²) in [5.74, 6) is -0.231. The third-order valence-electron chi connectivity index (χ3n) is 5.24. The fraction of sp³-hybridized carbons (Fsp3) is 0.526. The predicted molar refractivity (Wildman–Crippen MR) is 98.7 cm³/mol. The summed E-state index contributed by atoms with van der Waals surface area (Å²) in [5.41, 5.74) is 0.294. The molecule has 2 fully saturated rings. The second-order valence-corrected chi connectivity index (χ2v) is 7.56. The standard InChI is InChI=1S/C19H24ClN3O3/c1-13(14-6-8-15(20)9-7-14)21-16(24)5-4-12-23-17(25)19(22-18(23)26)10-2-3-11-19/h6-9,13H,2-5,10-12H2,1H3,(H,21,24)(H,22,26)/t13-/m0/s1. The zero-order valence-electron chi connectivity index (χ0n) is 14.9. The van der Waals surface area contributed by atoms with Crippen LogP contribution in [0.2, 0.25) is 5.02 Å². The maximum Gasteiger partial charge on any atom is 0.325 e. The summed E-state index contributed by atoms with van der Waals surface area (Å²) in [4.78, 5) is 38.0. The van der Waals surface area contributed by atoms with E-state index in [1.807, 2.05) is 19.1 Å². The maximum absolute atomic E-state index is 12.5. The van der Waals surface area contributed by atoms with Gasteiger partial charge in [0.15, 0.2) is 0 Å². The highest BCUT2D eigenvalue weighted by Crippen LogP contribution is 2.35. The van der Waals surface area contributed by atoms with E-state index in [2.05, 4.69) is 10.6 Å². The Morgan fingerprint density at radius 2 is 1.92 bits per heavy atom. The van der Waals surface area contributed by atoms with Crippen molar-refractivity contribution in [2.75, 3.05) is 6.54 Å². The lowest BCUT2D eigenvalue weighted by Gasteiger charge is -2.20. The molecule has 1 aromatic carbocycles. The molecular weight excluding hydrogens is 354 g/mol. The number of hydrogen-bond donors (Lipinski definition) is 2. The number of nitrogens with zero attached hydrogens (tertiary/aromatic N) is 1. The van der Waals surface area contributed by atoms with Gasteiger partial charge in [0, 0.05) is 18.0 Å². The molecule has 1 aliphatic carbocycles. The van der Waals surface area contributed by atoms with Gasteiger partial charge < -0.3 is 10.6 Å². The molecule has 0 bridgehead atoms. The number of nitrogens with one attached hydrogen (secondary N) is 2. The Morgan fingerprint density at radius 1 is 1.27 bits per heavy atom. The van der Waals surface area contributed by atoms with Gasteiger partial charge in [-0.05, 0) is 43.9 Å². The molecular formula is C19H24ClN3O3. The molecule has 0 radical (unpaired) electrons. The average Bonchev–Trinajstić information content (AvgIpc) is 3.16. The van der Waals surface area contributed by atoms with Crippen LogP contribution in [0.15, 0.2) is 24.3 Å². The SMILES string of the molecule is C[C@H](NC(=O)CCCN1C(=O)NC2(CCCC2)C1=O)c1ccc(Cl)cc1. The summed E-state index contributed by atoms with van der Waals surface area (Å²) in [6, 6.07) is 6.87. The molecule has 1 spiro atoms. The molecule has 1 saturated heterocycles. The van der Waals surface area contributed by atoms with E-state index in [1.165, 1.54) is 4.90 Å².